The number of aromatic amines is 1. The molecule has 114 valence electrons. The largest absolute Gasteiger partial charge is 0.494 e. The van der Waals surface area contributed by atoms with Crippen molar-refractivity contribution in [3.63, 3.8) is 0 Å². The first-order valence-electron chi connectivity index (χ1n) is 7.50. The number of nitrogens with zero attached hydrogens (tertiary/aromatic N) is 2. The molecule has 0 saturated heterocycles. The van der Waals surface area contributed by atoms with Crippen LogP contribution in [0.25, 0.3) is 11.4 Å². The first kappa shape index (κ1) is 15.8. The fourth-order valence-corrected chi connectivity index (χ4v) is 2.31. The number of hydrogen-bond donors (Lipinski definition) is 1. The van der Waals surface area contributed by atoms with Gasteiger partial charge >= 0.3 is 0 Å². The minimum absolute atomic E-state index is 0.518. The number of H-pyrrole nitrogens is 1. The van der Waals surface area contributed by atoms with Gasteiger partial charge in [-0.1, -0.05) is 27.2 Å². The second-order valence-corrected chi connectivity index (χ2v) is 5.97. The lowest BCUT2D eigenvalue weighted by molar-refractivity contribution is 0.309. The number of rotatable bonds is 7. The molecule has 1 N–H and O–H groups in total. The molecule has 2 rings (SSSR count). The third-order valence-corrected chi connectivity index (χ3v) is 3.50. The average Bonchev–Trinajstić information content (AvgIpc) is 2.81. The van der Waals surface area contributed by atoms with Gasteiger partial charge in [0.15, 0.2) is 10.6 Å². The lowest BCUT2D eigenvalue weighted by Crippen LogP contribution is -2.06. The minimum Gasteiger partial charge on any atom is -0.494 e. The SMILES string of the molecule is CCCCOc1ccc(-c2n[nH]c(=S)n2CC(C)C)cc1. The van der Waals surface area contributed by atoms with E-state index in [2.05, 4.69) is 31.0 Å². The molecule has 0 unspecified atom stereocenters. The summed E-state index contributed by atoms with van der Waals surface area (Å²) in [6.45, 7) is 8.12. The number of benzene rings is 1. The molecule has 1 heterocycles. The Morgan fingerprint density at radius 3 is 2.62 bits per heavy atom. The van der Waals surface area contributed by atoms with Crippen LogP contribution in [-0.2, 0) is 6.54 Å². The fourth-order valence-electron chi connectivity index (χ4n) is 2.11. The molecular weight excluding hydrogens is 282 g/mol. The Hall–Kier alpha value is -1.62. The van der Waals surface area contributed by atoms with Crippen LogP contribution < -0.4 is 4.74 Å². The van der Waals surface area contributed by atoms with Crippen molar-refractivity contribution >= 4 is 12.2 Å². The molecule has 0 bridgehead atoms. The van der Waals surface area contributed by atoms with Gasteiger partial charge < -0.3 is 4.74 Å². The van der Waals surface area contributed by atoms with E-state index in [0.717, 1.165) is 43.1 Å². The number of aromatic nitrogens is 3. The highest BCUT2D eigenvalue weighted by molar-refractivity contribution is 7.71. The van der Waals surface area contributed by atoms with Gasteiger partial charge in [-0.2, -0.15) is 5.10 Å². The highest BCUT2D eigenvalue weighted by Gasteiger charge is 2.10. The van der Waals surface area contributed by atoms with E-state index in [4.69, 9.17) is 17.0 Å². The molecule has 2 aromatic rings. The zero-order valence-corrected chi connectivity index (χ0v) is 13.7. The van der Waals surface area contributed by atoms with Gasteiger partial charge in [-0.15, -0.1) is 0 Å². The third kappa shape index (κ3) is 4.17. The molecule has 0 aliphatic heterocycles. The van der Waals surface area contributed by atoms with Crippen molar-refractivity contribution < 1.29 is 4.74 Å². The fraction of sp³-hybridized carbons (Fsp3) is 0.500. The third-order valence-electron chi connectivity index (χ3n) is 3.19. The zero-order chi connectivity index (χ0) is 15.2. The van der Waals surface area contributed by atoms with Crippen molar-refractivity contribution in [1.82, 2.24) is 14.8 Å². The van der Waals surface area contributed by atoms with Crippen LogP contribution in [-0.4, -0.2) is 21.4 Å². The summed E-state index contributed by atoms with van der Waals surface area (Å²) in [5.41, 5.74) is 1.05. The van der Waals surface area contributed by atoms with Crippen LogP contribution in [0.15, 0.2) is 24.3 Å². The van der Waals surface area contributed by atoms with Crippen molar-refractivity contribution in [1.29, 1.82) is 0 Å². The van der Waals surface area contributed by atoms with Gasteiger partial charge in [-0.05, 0) is 48.8 Å². The number of nitrogens with one attached hydrogen (secondary N) is 1. The molecule has 1 aromatic carbocycles. The topological polar surface area (TPSA) is 42.8 Å². The van der Waals surface area contributed by atoms with Gasteiger partial charge in [0, 0.05) is 12.1 Å². The predicted molar refractivity (Wildman–Crippen MR) is 88.1 cm³/mol. The summed E-state index contributed by atoms with van der Waals surface area (Å²) in [6, 6.07) is 8.04. The van der Waals surface area contributed by atoms with E-state index in [-0.39, 0.29) is 0 Å². The predicted octanol–water partition coefficient (Wildman–Crippen LogP) is 4.44. The first-order chi connectivity index (χ1) is 10.1. The molecule has 0 aliphatic carbocycles. The Morgan fingerprint density at radius 1 is 1.29 bits per heavy atom. The molecule has 0 atom stereocenters. The quantitative estimate of drug-likeness (QED) is 0.607. The van der Waals surface area contributed by atoms with Crippen LogP contribution in [0.4, 0.5) is 0 Å². The maximum absolute atomic E-state index is 5.68. The van der Waals surface area contributed by atoms with E-state index in [0.29, 0.717) is 10.7 Å². The number of ether oxygens (including phenoxy) is 1. The molecule has 0 aliphatic rings. The summed E-state index contributed by atoms with van der Waals surface area (Å²) in [5.74, 6) is 2.30. The van der Waals surface area contributed by atoms with Crippen molar-refractivity contribution in [2.75, 3.05) is 6.61 Å². The minimum atomic E-state index is 0.518. The molecular formula is C16H23N3OS. The summed E-state index contributed by atoms with van der Waals surface area (Å²) < 4.78 is 8.40. The van der Waals surface area contributed by atoms with Gasteiger partial charge in [0.05, 0.1) is 6.61 Å². The molecule has 1 aromatic heterocycles. The highest BCUT2D eigenvalue weighted by atomic mass is 32.1. The number of hydrogen-bond acceptors (Lipinski definition) is 3. The maximum Gasteiger partial charge on any atom is 0.195 e. The van der Waals surface area contributed by atoms with Crippen molar-refractivity contribution in [3.05, 3.63) is 29.0 Å². The Bertz CT molecular complexity index is 613. The van der Waals surface area contributed by atoms with E-state index >= 15 is 0 Å². The highest BCUT2D eigenvalue weighted by Crippen LogP contribution is 2.22. The van der Waals surface area contributed by atoms with Crippen LogP contribution >= 0.6 is 12.2 Å². The zero-order valence-electron chi connectivity index (χ0n) is 12.9. The van der Waals surface area contributed by atoms with Gasteiger partial charge in [-0.3, -0.25) is 9.67 Å². The summed E-state index contributed by atoms with van der Waals surface area (Å²) in [7, 11) is 0. The van der Waals surface area contributed by atoms with Crippen LogP contribution in [0.3, 0.4) is 0 Å². The summed E-state index contributed by atoms with van der Waals surface area (Å²) >= 11 is 5.31. The summed E-state index contributed by atoms with van der Waals surface area (Å²) in [5, 5.41) is 7.23. The van der Waals surface area contributed by atoms with E-state index in [9.17, 15) is 0 Å². The smallest absolute Gasteiger partial charge is 0.195 e. The average molecular weight is 305 g/mol. The summed E-state index contributed by atoms with van der Waals surface area (Å²) in [4.78, 5) is 0. The Kier molecular flexibility index (Phi) is 5.56. The molecule has 0 saturated carbocycles. The second-order valence-electron chi connectivity index (χ2n) is 5.58. The normalized spacial score (nSPS) is 11.0. The van der Waals surface area contributed by atoms with Crippen LogP contribution in [0.1, 0.15) is 33.6 Å². The monoisotopic (exact) mass is 305 g/mol. The Morgan fingerprint density at radius 2 is 2.00 bits per heavy atom. The van der Waals surface area contributed by atoms with Gasteiger partial charge in [-0.25, -0.2) is 0 Å². The van der Waals surface area contributed by atoms with E-state index in [1.807, 2.05) is 28.8 Å². The maximum atomic E-state index is 5.68. The molecule has 0 radical (unpaired) electrons. The molecule has 21 heavy (non-hydrogen) atoms. The van der Waals surface area contributed by atoms with Gasteiger partial charge in [0.25, 0.3) is 0 Å². The number of unbranched alkanes of at least 4 members (excludes halogenated alkanes) is 1. The van der Waals surface area contributed by atoms with Crippen molar-refractivity contribution in [2.24, 2.45) is 5.92 Å². The van der Waals surface area contributed by atoms with Crippen LogP contribution in [0.2, 0.25) is 0 Å². The molecule has 0 spiro atoms. The van der Waals surface area contributed by atoms with E-state index < -0.39 is 0 Å². The standard InChI is InChI=1S/C16H23N3OS/c1-4-5-10-20-14-8-6-13(7-9-14)15-17-18-16(21)19(15)11-12(2)3/h6-9,12H,4-5,10-11H2,1-3H3,(H,18,21). The lowest BCUT2D eigenvalue weighted by atomic mass is 10.2. The molecule has 0 fully saturated rings. The second kappa shape index (κ2) is 7.41. The Balaban J connectivity index is 2.17. The van der Waals surface area contributed by atoms with E-state index in [1.54, 1.807) is 0 Å². The van der Waals surface area contributed by atoms with E-state index in [1.165, 1.54) is 0 Å². The van der Waals surface area contributed by atoms with Gasteiger partial charge in [0.2, 0.25) is 0 Å². The first-order valence-corrected chi connectivity index (χ1v) is 7.91. The molecule has 4 nitrogen and oxygen atoms in total. The van der Waals surface area contributed by atoms with Crippen LogP contribution in [0, 0.1) is 10.7 Å². The Labute approximate surface area is 131 Å². The lowest BCUT2D eigenvalue weighted by Gasteiger charge is -2.10. The summed E-state index contributed by atoms with van der Waals surface area (Å²) in [6.07, 6.45) is 2.22. The molecule has 5 heteroatoms. The van der Waals surface area contributed by atoms with Crippen LogP contribution in [0.5, 0.6) is 5.75 Å². The van der Waals surface area contributed by atoms with Crippen molar-refractivity contribution in [2.45, 2.75) is 40.2 Å². The van der Waals surface area contributed by atoms with Gasteiger partial charge in [0.1, 0.15) is 5.75 Å². The molecule has 0 amide bonds. The van der Waals surface area contributed by atoms with Crippen molar-refractivity contribution in [3.8, 4) is 17.1 Å².